The number of aryl methyl sites for hydroxylation is 1. The first-order valence-electron chi connectivity index (χ1n) is 15.8. The van der Waals surface area contributed by atoms with Gasteiger partial charge in [-0.25, -0.2) is 0 Å². The predicted molar refractivity (Wildman–Crippen MR) is 168 cm³/mol. The Balaban J connectivity index is 0.00000372. The molecule has 243 valence electrons. The number of nitrogens with zero attached hydrogens (tertiary/aromatic N) is 3. The molecule has 1 N–H and O–H groups in total. The number of rotatable bonds is 5. The summed E-state index contributed by atoms with van der Waals surface area (Å²) in [5.74, 6) is 1.99. The molecule has 0 amide bonds. The number of fused-ring (bicyclic) bond motifs is 9. The average molecular weight is 863 g/mol. The number of phenolic OH excluding ortho intramolecular Hbond substituents is 1. The van der Waals surface area contributed by atoms with Gasteiger partial charge in [-0.2, -0.15) is 17.0 Å². The van der Waals surface area contributed by atoms with Gasteiger partial charge in [0.05, 0.1) is 35.9 Å². The van der Waals surface area contributed by atoms with E-state index in [-0.39, 0.29) is 105 Å². The van der Waals surface area contributed by atoms with E-state index in [2.05, 4.69) is 49.8 Å². The smallest absolute Gasteiger partial charge is 0.309 e. The summed E-state index contributed by atoms with van der Waals surface area (Å²) in [6, 6.07) is 3.34. The van der Waals surface area contributed by atoms with Crippen LogP contribution in [0.2, 0.25) is 0 Å². The summed E-state index contributed by atoms with van der Waals surface area (Å²) in [6.07, 6.45) is 1.57. The van der Waals surface area contributed by atoms with Gasteiger partial charge in [-0.15, -0.1) is 0 Å². The van der Waals surface area contributed by atoms with Crippen molar-refractivity contribution in [1.82, 2.24) is 9.80 Å². The number of carbonyl (C=O) groups excluding carboxylic acids is 1. The minimum Gasteiger partial charge on any atom is -0.507 e. The van der Waals surface area contributed by atoms with Crippen LogP contribution in [-0.4, -0.2) is 78.6 Å². The van der Waals surface area contributed by atoms with Crippen molar-refractivity contribution < 1.29 is 77.6 Å². The van der Waals surface area contributed by atoms with Crippen molar-refractivity contribution in [3.05, 3.63) is 45.0 Å². The molecular formula is C34H41AcN3O7S. The third-order valence-corrected chi connectivity index (χ3v) is 12.0. The van der Waals surface area contributed by atoms with E-state index in [0.717, 1.165) is 40.0 Å². The van der Waals surface area contributed by atoms with Crippen molar-refractivity contribution in [2.45, 2.75) is 82.9 Å². The number of nitriles is 1. The van der Waals surface area contributed by atoms with E-state index in [9.17, 15) is 15.2 Å². The standard InChI is InChI=1S/C34H41N3O7S.Ac/c1-7-8-40-14-42-30-18(4)16(2)9-20-10-21-22(11-35)37-23-12-41-34(39)17(3)13-45-33(28(37)27(24(20)30)36(21)6)26-25(23)32-31(43-15-44-32)19(5)29(26)38;/h9,17,21-23,27-28,33,38H,7-8,10,12-15H2,1-6H3;/t17-,21-,22-,23+,27-,28?,33+;/m0./s1. The summed E-state index contributed by atoms with van der Waals surface area (Å²) in [6.45, 7) is 10.9. The number of hydrogen-bond donors (Lipinski definition) is 1. The average Bonchev–Trinajstić information content (AvgIpc) is 3.51. The van der Waals surface area contributed by atoms with Gasteiger partial charge in [0.15, 0.2) is 18.3 Å². The number of thioether (sulfide) groups is 1. The maximum absolute atomic E-state index is 13.1. The fraction of sp³-hybridized carbons (Fsp3) is 0.588. The van der Waals surface area contributed by atoms with Crippen LogP contribution in [0.1, 0.15) is 76.5 Å². The summed E-state index contributed by atoms with van der Waals surface area (Å²) in [4.78, 5) is 17.7. The molecule has 5 aliphatic rings. The largest absolute Gasteiger partial charge is 0.507 e. The van der Waals surface area contributed by atoms with E-state index in [1.807, 2.05) is 13.8 Å². The monoisotopic (exact) mass is 862 g/mol. The van der Waals surface area contributed by atoms with Crippen molar-refractivity contribution in [3.8, 4) is 29.1 Å². The Labute approximate surface area is 310 Å². The Morgan fingerprint density at radius 3 is 2.63 bits per heavy atom. The fourth-order valence-electron chi connectivity index (χ4n) is 8.13. The zero-order valence-corrected chi connectivity index (χ0v) is 32.9. The van der Waals surface area contributed by atoms with Gasteiger partial charge in [0.2, 0.25) is 6.79 Å². The maximum Gasteiger partial charge on any atom is 0.309 e. The van der Waals surface area contributed by atoms with E-state index in [0.29, 0.717) is 35.8 Å². The molecule has 46 heavy (non-hydrogen) atoms. The van der Waals surface area contributed by atoms with Gasteiger partial charge < -0.3 is 28.8 Å². The summed E-state index contributed by atoms with van der Waals surface area (Å²) in [5.41, 5.74) is 6.67. The molecule has 2 fully saturated rings. The van der Waals surface area contributed by atoms with Gasteiger partial charge >= 0.3 is 5.97 Å². The fourth-order valence-corrected chi connectivity index (χ4v) is 9.66. The number of cyclic esters (lactones) is 1. The third-order valence-electron chi connectivity index (χ3n) is 10.4. The van der Waals surface area contributed by atoms with Crippen LogP contribution in [0.5, 0.6) is 23.0 Å². The van der Waals surface area contributed by atoms with E-state index < -0.39 is 12.1 Å². The molecule has 0 aromatic heterocycles. The Morgan fingerprint density at radius 1 is 1.13 bits per heavy atom. The third kappa shape index (κ3) is 5.15. The van der Waals surface area contributed by atoms with Gasteiger partial charge in [0.1, 0.15) is 24.1 Å². The number of carbonyl (C=O) groups is 1. The Bertz CT molecular complexity index is 1600. The van der Waals surface area contributed by atoms with Crippen molar-refractivity contribution in [3.63, 3.8) is 0 Å². The second-order valence-electron chi connectivity index (χ2n) is 13.0. The molecule has 5 heterocycles. The Kier molecular flexibility index (Phi) is 9.87. The Hall–Kier alpha value is -1.73. The van der Waals surface area contributed by atoms with Crippen molar-refractivity contribution in [2.75, 3.05) is 39.6 Å². The van der Waals surface area contributed by atoms with Gasteiger partial charge in [0, 0.05) is 84.2 Å². The van der Waals surface area contributed by atoms with Crippen LogP contribution in [0.4, 0.5) is 0 Å². The van der Waals surface area contributed by atoms with Crippen LogP contribution >= 0.6 is 11.8 Å². The van der Waals surface area contributed by atoms with Crippen molar-refractivity contribution in [2.24, 2.45) is 5.92 Å². The molecule has 5 aliphatic heterocycles. The molecule has 2 saturated heterocycles. The number of phenols is 1. The first-order valence-corrected chi connectivity index (χ1v) is 16.9. The summed E-state index contributed by atoms with van der Waals surface area (Å²) in [5, 5.41) is 22.5. The number of likely N-dealkylation sites (N-methyl/N-ethyl adjacent to an activating group) is 1. The quantitative estimate of drug-likeness (QED) is 0.249. The normalized spacial score (nSPS) is 29.5. The van der Waals surface area contributed by atoms with Crippen LogP contribution in [0.15, 0.2) is 6.07 Å². The van der Waals surface area contributed by atoms with Crippen molar-refractivity contribution >= 4 is 17.7 Å². The molecular weight excluding hydrogens is 821 g/mol. The van der Waals surface area contributed by atoms with Gasteiger partial charge in [-0.3, -0.25) is 14.6 Å². The number of piperazine rings is 1. The molecule has 7 atom stereocenters. The predicted octanol–water partition coefficient (Wildman–Crippen LogP) is 5.01. The van der Waals surface area contributed by atoms with E-state index >= 15 is 0 Å². The van der Waals surface area contributed by atoms with Crippen LogP contribution < -0.4 is 14.2 Å². The number of hydrogen-bond acceptors (Lipinski definition) is 11. The molecule has 1 unspecified atom stereocenters. The molecule has 0 spiro atoms. The van der Waals surface area contributed by atoms with Crippen LogP contribution in [0.3, 0.4) is 0 Å². The molecule has 1 radical (unpaired) electrons. The van der Waals surface area contributed by atoms with Gasteiger partial charge in [-0.05, 0) is 57.4 Å². The maximum atomic E-state index is 13.1. The SMILES string of the molecule is CCCOCOc1c(C)c(C)cc2c1[C@H]1C3[C@@H]4SC[C@H](C)C(=O)OC[C@H](c5c6c(c(C)c(O)c54)OCO6)N3[C@@H](C#N)[C@H](C2)N1C.[Ac]. The summed E-state index contributed by atoms with van der Waals surface area (Å²) in [7, 11) is 2.11. The zero-order chi connectivity index (χ0) is 31.7. The topological polar surface area (TPSA) is 114 Å². The van der Waals surface area contributed by atoms with Crippen LogP contribution in [-0.2, 0) is 20.7 Å². The summed E-state index contributed by atoms with van der Waals surface area (Å²) >= 11 is 1.64. The van der Waals surface area contributed by atoms with Gasteiger partial charge in [-0.1, -0.05) is 19.9 Å². The van der Waals surface area contributed by atoms with E-state index in [4.69, 9.17) is 23.7 Å². The molecule has 0 aliphatic carbocycles. The minimum absolute atomic E-state index is 0. The van der Waals surface area contributed by atoms with Gasteiger partial charge in [0.25, 0.3) is 0 Å². The summed E-state index contributed by atoms with van der Waals surface area (Å²) < 4.78 is 30.2. The molecule has 7 rings (SSSR count). The molecule has 2 aromatic carbocycles. The molecule has 10 nitrogen and oxygen atoms in total. The number of benzene rings is 2. The molecule has 12 heteroatoms. The molecule has 4 bridgehead atoms. The zero-order valence-electron chi connectivity index (χ0n) is 27.3. The Morgan fingerprint density at radius 2 is 1.89 bits per heavy atom. The van der Waals surface area contributed by atoms with Crippen LogP contribution in [0, 0.1) is 82.1 Å². The second kappa shape index (κ2) is 13.3. The second-order valence-corrected chi connectivity index (χ2v) is 14.1. The molecule has 2 aromatic rings. The first kappa shape index (κ1) is 34.1. The van der Waals surface area contributed by atoms with Crippen LogP contribution in [0.25, 0.3) is 0 Å². The van der Waals surface area contributed by atoms with Crippen molar-refractivity contribution in [1.29, 1.82) is 5.26 Å². The number of ether oxygens (including phenoxy) is 5. The molecule has 0 saturated carbocycles. The first-order chi connectivity index (χ1) is 21.7. The number of esters is 1. The van der Waals surface area contributed by atoms with E-state index in [1.165, 1.54) is 5.56 Å². The minimum atomic E-state index is -0.522. The van der Waals surface area contributed by atoms with E-state index in [1.54, 1.807) is 11.8 Å². The number of aromatic hydroxyl groups is 1.